The summed E-state index contributed by atoms with van der Waals surface area (Å²) in [6.45, 7) is 2.98. The minimum atomic E-state index is -0.0464. The van der Waals surface area contributed by atoms with Crippen molar-refractivity contribution in [1.29, 1.82) is 0 Å². The number of benzene rings is 1. The lowest BCUT2D eigenvalue weighted by molar-refractivity contribution is -0.125. The molecule has 1 aromatic heterocycles. The smallest absolute Gasteiger partial charge is 0.223 e. The van der Waals surface area contributed by atoms with Gasteiger partial charge in [-0.15, -0.1) is 5.10 Å². The van der Waals surface area contributed by atoms with Gasteiger partial charge >= 0.3 is 0 Å². The maximum atomic E-state index is 12.4. The molecule has 0 bridgehead atoms. The number of amides is 1. The first-order chi connectivity index (χ1) is 10.2. The lowest BCUT2D eigenvalue weighted by Gasteiger charge is -2.13. The van der Waals surface area contributed by atoms with E-state index >= 15 is 0 Å². The van der Waals surface area contributed by atoms with E-state index in [2.05, 4.69) is 14.9 Å². The van der Waals surface area contributed by atoms with Crippen LogP contribution in [0.25, 0.3) is 0 Å². The number of nitrogens with one attached hydrogen (secondary N) is 1. The molecule has 0 fully saturated rings. The summed E-state index contributed by atoms with van der Waals surface area (Å²) in [6, 6.07) is 7.92. The monoisotopic (exact) mass is 303 g/mol. The van der Waals surface area contributed by atoms with Gasteiger partial charge in [0, 0.05) is 5.92 Å². The number of para-hydroxylation sites is 1. The third-order valence-corrected chi connectivity index (χ3v) is 4.53. The van der Waals surface area contributed by atoms with Gasteiger partial charge in [-0.2, -0.15) is 0 Å². The number of aryl methyl sites for hydroxylation is 1. The molecule has 6 heteroatoms. The molecule has 1 amide bonds. The molecular formula is C15H17N3O2S. The molecule has 0 unspecified atom stereocenters. The second-order valence-electron chi connectivity index (χ2n) is 5.15. The average Bonchev–Trinajstić information content (AvgIpc) is 2.78. The highest BCUT2D eigenvalue weighted by Gasteiger charge is 2.23. The first-order valence-corrected chi connectivity index (χ1v) is 7.77. The van der Waals surface area contributed by atoms with Crippen molar-refractivity contribution >= 4 is 17.4 Å². The Bertz CT molecular complexity index is 641. The van der Waals surface area contributed by atoms with Crippen molar-refractivity contribution in [3.8, 4) is 5.75 Å². The van der Waals surface area contributed by atoms with E-state index in [0.717, 1.165) is 34.7 Å². The highest BCUT2D eigenvalue weighted by molar-refractivity contribution is 7.05. The lowest BCUT2D eigenvalue weighted by atomic mass is 9.96. The van der Waals surface area contributed by atoms with Crippen LogP contribution in [0.15, 0.2) is 24.3 Å². The first kappa shape index (κ1) is 14.0. The maximum Gasteiger partial charge on any atom is 0.223 e. The van der Waals surface area contributed by atoms with Crippen molar-refractivity contribution in [2.45, 2.75) is 26.3 Å². The van der Waals surface area contributed by atoms with Gasteiger partial charge in [-0.25, -0.2) is 0 Å². The minimum Gasteiger partial charge on any atom is -0.493 e. The van der Waals surface area contributed by atoms with Crippen molar-refractivity contribution in [3.63, 3.8) is 0 Å². The molecule has 1 aromatic carbocycles. The molecule has 0 aliphatic carbocycles. The van der Waals surface area contributed by atoms with Crippen LogP contribution in [0.5, 0.6) is 5.75 Å². The molecule has 5 nitrogen and oxygen atoms in total. The Morgan fingerprint density at radius 2 is 2.33 bits per heavy atom. The number of hydrogen-bond donors (Lipinski definition) is 1. The second kappa shape index (κ2) is 6.22. The van der Waals surface area contributed by atoms with Crippen LogP contribution in [0.3, 0.4) is 0 Å². The van der Waals surface area contributed by atoms with E-state index in [0.29, 0.717) is 13.2 Å². The molecule has 0 spiro atoms. The molecule has 3 rings (SSSR count). The topological polar surface area (TPSA) is 64.1 Å². The van der Waals surface area contributed by atoms with Crippen molar-refractivity contribution in [1.82, 2.24) is 14.9 Å². The molecule has 1 aliphatic rings. The van der Waals surface area contributed by atoms with Gasteiger partial charge < -0.3 is 10.1 Å². The van der Waals surface area contributed by atoms with Crippen molar-refractivity contribution < 1.29 is 9.53 Å². The van der Waals surface area contributed by atoms with Crippen LogP contribution in [0.2, 0.25) is 0 Å². The van der Waals surface area contributed by atoms with Gasteiger partial charge in [0.1, 0.15) is 5.75 Å². The Hall–Kier alpha value is -1.95. The van der Waals surface area contributed by atoms with E-state index in [1.165, 1.54) is 11.5 Å². The molecule has 21 heavy (non-hydrogen) atoms. The summed E-state index contributed by atoms with van der Waals surface area (Å²) < 4.78 is 9.58. The summed E-state index contributed by atoms with van der Waals surface area (Å²) in [5, 5.41) is 6.94. The maximum absolute atomic E-state index is 12.4. The van der Waals surface area contributed by atoms with Gasteiger partial charge in [-0.1, -0.05) is 22.7 Å². The second-order valence-corrected chi connectivity index (χ2v) is 5.98. The Morgan fingerprint density at radius 1 is 1.48 bits per heavy atom. The van der Waals surface area contributed by atoms with Crippen molar-refractivity contribution in [2.75, 3.05) is 6.61 Å². The Morgan fingerprint density at radius 3 is 3.14 bits per heavy atom. The van der Waals surface area contributed by atoms with Crippen LogP contribution in [0, 0.1) is 12.8 Å². The van der Waals surface area contributed by atoms with Gasteiger partial charge in [0.25, 0.3) is 0 Å². The van der Waals surface area contributed by atoms with E-state index in [9.17, 15) is 4.79 Å². The van der Waals surface area contributed by atoms with Crippen LogP contribution in [-0.4, -0.2) is 22.1 Å². The summed E-state index contributed by atoms with van der Waals surface area (Å²) in [7, 11) is 0. The van der Waals surface area contributed by atoms with E-state index in [-0.39, 0.29) is 11.8 Å². The predicted molar refractivity (Wildman–Crippen MR) is 80.2 cm³/mol. The molecule has 2 heterocycles. The number of hydrogen-bond acceptors (Lipinski definition) is 5. The summed E-state index contributed by atoms with van der Waals surface area (Å²) in [5.41, 5.74) is 1.99. The largest absolute Gasteiger partial charge is 0.493 e. The van der Waals surface area contributed by atoms with E-state index in [4.69, 9.17) is 4.74 Å². The summed E-state index contributed by atoms with van der Waals surface area (Å²) in [6.07, 6.45) is 1.46. The Labute approximate surface area is 127 Å². The summed E-state index contributed by atoms with van der Waals surface area (Å²) in [5.74, 6) is 0.924. The van der Waals surface area contributed by atoms with E-state index in [1.807, 2.05) is 31.2 Å². The molecular weight excluding hydrogens is 286 g/mol. The van der Waals surface area contributed by atoms with Crippen LogP contribution in [0.1, 0.15) is 22.6 Å². The fourth-order valence-electron chi connectivity index (χ4n) is 2.44. The highest BCUT2D eigenvalue weighted by atomic mass is 32.1. The molecule has 0 saturated carbocycles. The van der Waals surface area contributed by atoms with Crippen molar-refractivity contribution in [2.24, 2.45) is 5.92 Å². The Kier molecular flexibility index (Phi) is 4.15. The zero-order chi connectivity index (χ0) is 14.7. The van der Waals surface area contributed by atoms with Crippen LogP contribution in [-0.2, 0) is 17.8 Å². The third kappa shape index (κ3) is 3.21. The molecule has 2 aromatic rings. The summed E-state index contributed by atoms with van der Waals surface area (Å²) in [4.78, 5) is 13.4. The van der Waals surface area contributed by atoms with Gasteiger partial charge in [0.15, 0.2) is 0 Å². The quantitative estimate of drug-likeness (QED) is 0.943. The number of rotatable bonds is 3. The van der Waals surface area contributed by atoms with Crippen molar-refractivity contribution in [3.05, 3.63) is 40.4 Å². The molecule has 1 aliphatic heterocycles. The van der Waals surface area contributed by atoms with Crippen LogP contribution >= 0.6 is 11.5 Å². The fraction of sp³-hybridized carbons (Fsp3) is 0.400. The van der Waals surface area contributed by atoms with Gasteiger partial charge in [-0.05, 0) is 42.9 Å². The Balaban J connectivity index is 1.64. The van der Waals surface area contributed by atoms with Gasteiger partial charge in [0.2, 0.25) is 5.91 Å². The molecule has 1 N–H and O–H groups in total. The fourth-order valence-corrected chi connectivity index (χ4v) is 3.01. The number of fused-ring (bicyclic) bond motifs is 1. The molecule has 1 atom stereocenters. The average molecular weight is 303 g/mol. The molecule has 0 radical (unpaired) electrons. The summed E-state index contributed by atoms with van der Waals surface area (Å²) >= 11 is 1.33. The molecule has 110 valence electrons. The minimum absolute atomic E-state index is 0.0464. The number of aromatic nitrogens is 2. The molecule has 0 saturated heterocycles. The normalized spacial score (nSPS) is 17.5. The van der Waals surface area contributed by atoms with Gasteiger partial charge in [-0.3, -0.25) is 4.79 Å². The highest BCUT2D eigenvalue weighted by Crippen LogP contribution is 2.26. The van der Waals surface area contributed by atoms with E-state index < -0.39 is 0 Å². The number of ether oxygens (including phenoxy) is 1. The van der Waals surface area contributed by atoms with E-state index in [1.54, 1.807) is 0 Å². The zero-order valence-corrected chi connectivity index (χ0v) is 12.7. The third-order valence-electron chi connectivity index (χ3n) is 3.70. The number of carbonyl (C=O) groups excluding carboxylic acids is 1. The van der Waals surface area contributed by atoms with Crippen LogP contribution in [0.4, 0.5) is 0 Å². The van der Waals surface area contributed by atoms with Gasteiger partial charge in [0.05, 0.1) is 23.7 Å². The van der Waals surface area contributed by atoms with Crippen LogP contribution < -0.4 is 10.1 Å². The lowest BCUT2D eigenvalue weighted by Crippen LogP contribution is -2.31. The first-order valence-electron chi connectivity index (χ1n) is 7.00. The number of carbonyl (C=O) groups is 1. The SMILES string of the molecule is Cc1nnsc1CNC(=O)[C@H]1CCOc2ccccc2C1. The standard InChI is InChI=1S/C15H17N3O2S/c1-10-14(21-18-17-10)9-16-15(19)12-6-7-20-13-5-3-2-4-11(13)8-12/h2-5,12H,6-9H2,1H3,(H,16,19)/t12-/m0/s1. The predicted octanol–water partition coefficient (Wildman–Crippen LogP) is 2.10. The number of nitrogens with zero attached hydrogens (tertiary/aromatic N) is 2. The zero-order valence-electron chi connectivity index (χ0n) is 11.8.